The van der Waals surface area contributed by atoms with E-state index in [-0.39, 0.29) is 17.7 Å². The van der Waals surface area contributed by atoms with Crippen molar-refractivity contribution in [3.8, 4) is 0 Å². The zero-order valence-electron chi connectivity index (χ0n) is 23.1. The SMILES string of the molecule is CCCCOC(=O)[C@@H](NC(=O)[C@@H]1CCCN1C(=O)[C@@H](N)C1CCCCC1)C(c1ccccc1)c1ccccc1. The summed E-state index contributed by atoms with van der Waals surface area (Å²) < 4.78 is 5.67. The number of rotatable bonds is 11. The highest BCUT2D eigenvalue weighted by Gasteiger charge is 2.41. The molecule has 210 valence electrons. The van der Waals surface area contributed by atoms with E-state index in [0.717, 1.165) is 56.1 Å². The number of unbranched alkanes of at least 4 members (excludes halogenated alkanes) is 1. The number of carbonyl (C=O) groups is 3. The molecule has 0 unspecified atom stereocenters. The minimum absolute atomic E-state index is 0.149. The van der Waals surface area contributed by atoms with Crippen LogP contribution in [0.5, 0.6) is 0 Å². The van der Waals surface area contributed by atoms with Crippen LogP contribution in [0, 0.1) is 5.92 Å². The van der Waals surface area contributed by atoms with Gasteiger partial charge in [0.2, 0.25) is 11.8 Å². The molecular formula is C32H43N3O4. The molecule has 39 heavy (non-hydrogen) atoms. The zero-order valence-corrected chi connectivity index (χ0v) is 23.1. The van der Waals surface area contributed by atoms with Gasteiger partial charge < -0.3 is 20.7 Å². The van der Waals surface area contributed by atoms with Gasteiger partial charge in [-0.3, -0.25) is 9.59 Å². The van der Waals surface area contributed by atoms with E-state index in [9.17, 15) is 14.4 Å². The summed E-state index contributed by atoms with van der Waals surface area (Å²) in [7, 11) is 0. The van der Waals surface area contributed by atoms with Crippen molar-refractivity contribution < 1.29 is 19.1 Å². The number of hydrogen-bond donors (Lipinski definition) is 2. The van der Waals surface area contributed by atoms with Crippen LogP contribution in [0.25, 0.3) is 0 Å². The van der Waals surface area contributed by atoms with Gasteiger partial charge in [-0.15, -0.1) is 0 Å². The lowest BCUT2D eigenvalue weighted by Gasteiger charge is -2.33. The standard InChI is InChI=1S/C32H43N3O4/c1-2-3-22-39-32(38)29(27(23-14-7-4-8-15-23)24-16-9-5-10-17-24)34-30(36)26-20-13-21-35(26)31(37)28(33)25-18-11-6-12-19-25/h4-5,7-10,14-17,25-29H,2-3,6,11-13,18-22,33H2,1H3,(H,34,36)/t26-,28-,29-/m0/s1. The van der Waals surface area contributed by atoms with E-state index in [0.29, 0.717) is 19.6 Å². The van der Waals surface area contributed by atoms with Crippen LogP contribution in [-0.2, 0) is 19.1 Å². The van der Waals surface area contributed by atoms with Gasteiger partial charge in [-0.25, -0.2) is 4.79 Å². The average Bonchev–Trinajstić information content (AvgIpc) is 3.48. The fourth-order valence-corrected chi connectivity index (χ4v) is 6.02. The van der Waals surface area contributed by atoms with Gasteiger partial charge in [0, 0.05) is 12.5 Å². The van der Waals surface area contributed by atoms with Gasteiger partial charge in [0.15, 0.2) is 0 Å². The van der Waals surface area contributed by atoms with E-state index < -0.39 is 30.0 Å². The Kier molecular flexibility index (Phi) is 10.5. The van der Waals surface area contributed by atoms with Crippen LogP contribution in [0.15, 0.2) is 60.7 Å². The molecule has 1 aliphatic carbocycles. The number of amides is 2. The van der Waals surface area contributed by atoms with Crippen LogP contribution in [0.3, 0.4) is 0 Å². The number of benzene rings is 2. The monoisotopic (exact) mass is 533 g/mol. The summed E-state index contributed by atoms with van der Waals surface area (Å²) in [6.45, 7) is 2.83. The molecule has 0 aromatic heterocycles. The quantitative estimate of drug-likeness (QED) is 0.326. The summed E-state index contributed by atoms with van der Waals surface area (Å²) in [4.78, 5) is 42.5. The van der Waals surface area contributed by atoms with E-state index in [1.165, 1.54) is 6.42 Å². The maximum absolute atomic E-state index is 13.8. The third kappa shape index (κ3) is 7.27. The molecule has 4 rings (SSSR count). The van der Waals surface area contributed by atoms with Gasteiger partial charge in [0.1, 0.15) is 12.1 Å². The third-order valence-corrected chi connectivity index (χ3v) is 8.23. The minimum atomic E-state index is -0.941. The maximum Gasteiger partial charge on any atom is 0.329 e. The highest BCUT2D eigenvalue weighted by Crippen LogP contribution is 2.31. The highest BCUT2D eigenvalue weighted by molar-refractivity contribution is 5.93. The van der Waals surface area contributed by atoms with Gasteiger partial charge in [0.05, 0.1) is 12.6 Å². The molecule has 1 saturated heterocycles. The van der Waals surface area contributed by atoms with E-state index in [1.807, 2.05) is 67.6 Å². The maximum atomic E-state index is 13.8. The van der Waals surface area contributed by atoms with Gasteiger partial charge in [-0.2, -0.15) is 0 Å². The van der Waals surface area contributed by atoms with Crippen LogP contribution >= 0.6 is 0 Å². The van der Waals surface area contributed by atoms with Crippen molar-refractivity contribution in [2.45, 2.75) is 88.8 Å². The molecule has 3 atom stereocenters. The second-order valence-electron chi connectivity index (χ2n) is 10.9. The van der Waals surface area contributed by atoms with Crippen molar-refractivity contribution in [1.82, 2.24) is 10.2 Å². The van der Waals surface area contributed by atoms with E-state index >= 15 is 0 Å². The van der Waals surface area contributed by atoms with Crippen molar-refractivity contribution >= 4 is 17.8 Å². The Morgan fingerprint density at radius 2 is 1.54 bits per heavy atom. The fourth-order valence-electron chi connectivity index (χ4n) is 6.02. The first kappa shape index (κ1) is 28.8. The largest absolute Gasteiger partial charge is 0.464 e. The molecular weight excluding hydrogens is 490 g/mol. The number of likely N-dealkylation sites (tertiary alicyclic amines) is 1. The fraction of sp³-hybridized carbons (Fsp3) is 0.531. The van der Waals surface area contributed by atoms with Crippen molar-refractivity contribution in [2.24, 2.45) is 11.7 Å². The Morgan fingerprint density at radius 3 is 2.13 bits per heavy atom. The van der Waals surface area contributed by atoms with E-state index in [4.69, 9.17) is 10.5 Å². The summed E-state index contributed by atoms with van der Waals surface area (Å²) in [5.74, 6) is -1.22. The normalized spacial score (nSPS) is 19.5. The van der Waals surface area contributed by atoms with Crippen LogP contribution < -0.4 is 11.1 Å². The first-order valence-corrected chi connectivity index (χ1v) is 14.6. The molecule has 2 amide bonds. The molecule has 7 nitrogen and oxygen atoms in total. The number of carbonyl (C=O) groups excluding carboxylic acids is 3. The summed E-state index contributed by atoms with van der Waals surface area (Å²) in [5, 5.41) is 3.04. The number of nitrogens with two attached hydrogens (primary N) is 1. The van der Waals surface area contributed by atoms with Crippen molar-refractivity contribution in [2.75, 3.05) is 13.2 Å². The molecule has 1 aliphatic heterocycles. The second-order valence-corrected chi connectivity index (χ2v) is 10.9. The van der Waals surface area contributed by atoms with Gasteiger partial charge in [-0.1, -0.05) is 93.3 Å². The number of hydrogen-bond acceptors (Lipinski definition) is 5. The van der Waals surface area contributed by atoms with E-state index in [2.05, 4.69) is 5.32 Å². The summed E-state index contributed by atoms with van der Waals surface area (Å²) >= 11 is 0. The summed E-state index contributed by atoms with van der Waals surface area (Å²) in [5.41, 5.74) is 8.26. The first-order chi connectivity index (χ1) is 19.0. The lowest BCUT2D eigenvalue weighted by molar-refractivity contribution is -0.149. The van der Waals surface area contributed by atoms with Crippen LogP contribution in [0.4, 0.5) is 0 Å². The minimum Gasteiger partial charge on any atom is -0.464 e. The smallest absolute Gasteiger partial charge is 0.329 e. The average molecular weight is 534 g/mol. The van der Waals surface area contributed by atoms with Gasteiger partial charge in [0.25, 0.3) is 0 Å². The number of nitrogens with one attached hydrogen (secondary N) is 1. The Hall–Kier alpha value is -3.19. The molecule has 1 saturated carbocycles. The number of esters is 1. The van der Waals surface area contributed by atoms with Gasteiger partial charge in [-0.05, 0) is 49.1 Å². The van der Waals surface area contributed by atoms with Crippen LogP contribution in [-0.4, -0.2) is 54.0 Å². The van der Waals surface area contributed by atoms with Crippen molar-refractivity contribution in [3.05, 3.63) is 71.8 Å². The third-order valence-electron chi connectivity index (χ3n) is 8.23. The predicted octanol–water partition coefficient (Wildman–Crippen LogP) is 4.55. The molecule has 3 N–H and O–H groups in total. The van der Waals surface area contributed by atoms with Crippen LogP contribution in [0.1, 0.15) is 81.8 Å². The highest BCUT2D eigenvalue weighted by atomic mass is 16.5. The predicted molar refractivity (Wildman–Crippen MR) is 152 cm³/mol. The lowest BCUT2D eigenvalue weighted by atomic mass is 9.83. The summed E-state index contributed by atoms with van der Waals surface area (Å²) in [6.07, 6.45) is 8.21. The topological polar surface area (TPSA) is 102 Å². The Bertz CT molecular complexity index is 1030. The Balaban J connectivity index is 1.58. The Labute approximate surface area is 232 Å². The number of nitrogens with zero attached hydrogens (tertiary/aromatic N) is 1. The molecule has 0 radical (unpaired) electrons. The molecule has 0 bridgehead atoms. The summed E-state index contributed by atoms with van der Waals surface area (Å²) in [6, 6.07) is 17.2. The van der Waals surface area contributed by atoms with E-state index in [1.54, 1.807) is 4.90 Å². The number of ether oxygens (including phenoxy) is 1. The second kappa shape index (κ2) is 14.3. The van der Waals surface area contributed by atoms with Gasteiger partial charge >= 0.3 is 5.97 Å². The molecule has 7 heteroatoms. The Morgan fingerprint density at radius 1 is 0.923 bits per heavy atom. The molecule has 2 aliphatic rings. The van der Waals surface area contributed by atoms with Crippen molar-refractivity contribution in [3.63, 3.8) is 0 Å². The zero-order chi connectivity index (χ0) is 27.6. The molecule has 2 fully saturated rings. The molecule has 2 aromatic rings. The van der Waals surface area contributed by atoms with Crippen molar-refractivity contribution in [1.29, 1.82) is 0 Å². The first-order valence-electron chi connectivity index (χ1n) is 14.6. The molecule has 2 aromatic carbocycles. The molecule has 0 spiro atoms. The lowest BCUT2D eigenvalue weighted by Crippen LogP contribution is -2.56. The molecule has 1 heterocycles. The van der Waals surface area contributed by atoms with Crippen LogP contribution in [0.2, 0.25) is 0 Å².